The number of ether oxygens (including phenoxy) is 1. The normalized spacial score (nSPS) is 9.82. The molecule has 22 heavy (non-hydrogen) atoms. The van der Waals surface area contributed by atoms with Crippen LogP contribution in [0, 0.1) is 0 Å². The molecule has 0 aliphatic carbocycles. The van der Waals surface area contributed by atoms with Crippen molar-refractivity contribution < 1.29 is 17.1 Å². The molecule has 1 aromatic heterocycles. The Kier molecular flexibility index (Phi) is 6.31. The number of thioether (sulfide) groups is 1. The lowest BCUT2D eigenvalue weighted by Gasteiger charge is -2.07. The van der Waals surface area contributed by atoms with E-state index in [0.29, 0.717) is 0 Å². The van der Waals surface area contributed by atoms with Crippen LogP contribution in [0.1, 0.15) is 5.56 Å². The smallest absolute Gasteiger partial charge is 0.127 e. The van der Waals surface area contributed by atoms with E-state index in [0.717, 1.165) is 22.3 Å². The lowest BCUT2D eigenvalue weighted by molar-refractivity contribution is -0.00000472. The Morgan fingerprint density at radius 1 is 0.818 bits per heavy atom. The Labute approximate surface area is 141 Å². The molecule has 0 radical (unpaired) electrons. The van der Waals surface area contributed by atoms with E-state index in [2.05, 4.69) is 17.1 Å². The quantitative estimate of drug-likeness (QED) is 0.670. The highest BCUT2D eigenvalue weighted by molar-refractivity contribution is 7.98. The molecule has 3 rings (SSSR count). The first-order valence-corrected chi connectivity index (χ1v) is 7.74. The molecule has 3 aromatic rings. The summed E-state index contributed by atoms with van der Waals surface area (Å²) in [6.07, 6.45) is 1.82. The summed E-state index contributed by atoms with van der Waals surface area (Å²) in [6, 6.07) is 24.0. The molecule has 0 spiro atoms. The van der Waals surface area contributed by atoms with Crippen LogP contribution in [0.4, 0.5) is 0 Å². The maximum Gasteiger partial charge on any atom is 0.127 e. The van der Waals surface area contributed by atoms with Crippen LogP contribution in [0.5, 0.6) is 11.5 Å². The van der Waals surface area contributed by atoms with Crippen LogP contribution in [-0.2, 0) is 5.75 Å². The summed E-state index contributed by atoms with van der Waals surface area (Å²) in [5.74, 6) is 2.59. The van der Waals surface area contributed by atoms with Crippen LogP contribution in [0.3, 0.4) is 0 Å². The first kappa shape index (κ1) is 16.4. The third kappa shape index (κ3) is 4.79. The van der Waals surface area contributed by atoms with E-state index in [1.807, 2.05) is 66.9 Å². The topological polar surface area (TPSA) is 22.1 Å². The van der Waals surface area contributed by atoms with E-state index in [1.54, 1.807) is 11.8 Å². The highest BCUT2D eigenvalue weighted by Gasteiger charge is 2.00. The number of nitrogens with zero attached hydrogens (tertiary/aromatic N) is 1. The first-order valence-electron chi connectivity index (χ1n) is 6.76. The fourth-order valence-electron chi connectivity index (χ4n) is 1.91. The second-order valence-corrected chi connectivity index (χ2v) is 5.51. The van der Waals surface area contributed by atoms with Crippen molar-refractivity contribution in [2.24, 2.45) is 0 Å². The van der Waals surface area contributed by atoms with Gasteiger partial charge in [0.05, 0.1) is 5.03 Å². The van der Waals surface area contributed by atoms with Crippen molar-refractivity contribution in [2.75, 3.05) is 0 Å². The molecule has 0 N–H and O–H groups in total. The summed E-state index contributed by atoms with van der Waals surface area (Å²) < 4.78 is 5.85. The molecule has 0 saturated carbocycles. The van der Waals surface area contributed by atoms with Gasteiger partial charge >= 0.3 is 0 Å². The summed E-state index contributed by atoms with van der Waals surface area (Å²) in [7, 11) is 0. The van der Waals surface area contributed by atoms with Gasteiger partial charge < -0.3 is 17.1 Å². The molecule has 0 amide bonds. The van der Waals surface area contributed by atoms with Crippen molar-refractivity contribution >= 4 is 11.8 Å². The fraction of sp³-hybridized carbons (Fsp3) is 0.0556. The average Bonchev–Trinajstić information content (AvgIpc) is 2.55. The maximum absolute atomic E-state index is 5.85. The summed E-state index contributed by atoms with van der Waals surface area (Å²) in [5.41, 5.74) is 1.22. The van der Waals surface area contributed by atoms with Crippen molar-refractivity contribution in [1.82, 2.24) is 4.98 Å². The Bertz CT molecular complexity index is 692. The molecule has 1 heterocycles. The average molecular weight is 329 g/mol. The third-order valence-corrected chi connectivity index (χ3v) is 3.92. The Balaban J connectivity index is 0.00000176. The van der Waals surface area contributed by atoms with Crippen LogP contribution in [0.15, 0.2) is 84.0 Å². The molecule has 112 valence electrons. The van der Waals surface area contributed by atoms with Crippen molar-refractivity contribution in [3.8, 4) is 11.5 Å². The van der Waals surface area contributed by atoms with E-state index >= 15 is 0 Å². The Morgan fingerprint density at radius 3 is 2.36 bits per heavy atom. The molecule has 2 nitrogen and oxygen atoms in total. The molecule has 0 fully saturated rings. The first-order chi connectivity index (χ1) is 10.4. The van der Waals surface area contributed by atoms with Gasteiger partial charge in [0.1, 0.15) is 11.5 Å². The summed E-state index contributed by atoms with van der Waals surface area (Å²) >= 11 is 1.72. The number of benzene rings is 2. The number of pyridine rings is 1. The SMILES string of the molecule is [Cl-].c1ccc(Oc2cccc(CSc3ccccn3)c2)cc1. The number of para-hydroxylation sites is 1. The van der Waals surface area contributed by atoms with E-state index < -0.39 is 0 Å². The monoisotopic (exact) mass is 328 g/mol. The third-order valence-electron chi connectivity index (χ3n) is 2.90. The minimum atomic E-state index is 0. The number of rotatable bonds is 5. The molecule has 0 aliphatic heterocycles. The van der Waals surface area contributed by atoms with Gasteiger partial charge in [0, 0.05) is 11.9 Å². The zero-order chi connectivity index (χ0) is 14.3. The molecule has 2 aromatic carbocycles. The van der Waals surface area contributed by atoms with Crippen LogP contribution in [0.2, 0.25) is 0 Å². The predicted molar refractivity (Wildman–Crippen MR) is 86.8 cm³/mol. The zero-order valence-electron chi connectivity index (χ0n) is 11.9. The van der Waals surface area contributed by atoms with Crippen molar-refractivity contribution in [1.29, 1.82) is 0 Å². The number of halogens is 1. The van der Waals surface area contributed by atoms with Gasteiger partial charge in [-0.3, -0.25) is 0 Å². The lowest BCUT2D eigenvalue weighted by atomic mass is 10.2. The van der Waals surface area contributed by atoms with Gasteiger partial charge in [-0.15, -0.1) is 11.8 Å². The molecule has 0 unspecified atom stereocenters. The Morgan fingerprint density at radius 2 is 1.59 bits per heavy atom. The molecular weight excluding hydrogens is 314 g/mol. The van der Waals surface area contributed by atoms with Gasteiger partial charge in [0.2, 0.25) is 0 Å². The number of hydrogen-bond donors (Lipinski definition) is 0. The second-order valence-electron chi connectivity index (χ2n) is 4.52. The fourth-order valence-corrected chi connectivity index (χ4v) is 2.72. The van der Waals surface area contributed by atoms with Crippen molar-refractivity contribution in [3.63, 3.8) is 0 Å². The largest absolute Gasteiger partial charge is 1.00 e. The molecule has 0 saturated heterocycles. The van der Waals surface area contributed by atoms with E-state index in [-0.39, 0.29) is 12.4 Å². The van der Waals surface area contributed by atoms with Gasteiger partial charge in [-0.2, -0.15) is 0 Å². The van der Waals surface area contributed by atoms with Crippen LogP contribution < -0.4 is 17.1 Å². The molecule has 0 aliphatic rings. The van der Waals surface area contributed by atoms with Crippen LogP contribution >= 0.6 is 11.8 Å². The standard InChI is InChI=1S/C18H15NOS.ClH/c1-2-8-16(9-3-1)20-17-10-6-7-15(13-17)14-21-18-11-4-5-12-19-18;/h1-13H,14H2;1H/p-1. The highest BCUT2D eigenvalue weighted by Crippen LogP contribution is 2.25. The molecule has 4 heteroatoms. The maximum atomic E-state index is 5.85. The Hall–Kier alpha value is -1.97. The number of hydrogen-bond acceptors (Lipinski definition) is 3. The molecule has 0 atom stereocenters. The van der Waals surface area contributed by atoms with E-state index in [4.69, 9.17) is 4.74 Å². The van der Waals surface area contributed by atoms with Crippen molar-refractivity contribution in [2.45, 2.75) is 10.8 Å². The van der Waals surface area contributed by atoms with E-state index in [9.17, 15) is 0 Å². The predicted octanol–water partition coefficient (Wildman–Crippen LogP) is 2.17. The van der Waals surface area contributed by atoms with Crippen molar-refractivity contribution in [3.05, 3.63) is 84.6 Å². The van der Waals surface area contributed by atoms with Gasteiger partial charge in [0.25, 0.3) is 0 Å². The van der Waals surface area contributed by atoms with Crippen LogP contribution in [-0.4, -0.2) is 4.98 Å². The zero-order valence-corrected chi connectivity index (χ0v) is 13.4. The molecular formula is C18H15ClNOS-. The van der Waals surface area contributed by atoms with Gasteiger partial charge in [-0.1, -0.05) is 36.4 Å². The van der Waals surface area contributed by atoms with Gasteiger partial charge in [-0.05, 0) is 42.0 Å². The summed E-state index contributed by atoms with van der Waals surface area (Å²) in [6.45, 7) is 0. The summed E-state index contributed by atoms with van der Waals surface area (Å²) in [5, 5.41) is 1.03. The highest BCUT2D eigenvalue weighted by atomic mass is 35.5. The minimum Gasteiger partial charge on any atom is -1.00 e. The van der Waals surface area contributed by atoms with Gasteiger partial charge in [-0.25, -0.2) is 4.98 Å². The minimum absolute atomic E-state index is 0. The van der Waals surface area contributed by atoms with E-state index in [1.165, 1.54) is 5.56 Å². The second kappa shape index (κ2) is 8.47. The number of aromatic nitrogens is 1. The summed E-state index contributed by atoms with van der Waals surface area (Å²) in [4.78, 5) is 4.32. The van der Waals surface area contributed by atoms with Gasteiger partial charge in [0.15, 0.2) is 0 Å². The van der Waals surface area contributed by atoms with Crippen LogP contribution in [0.25, 0.3) is 0 Å². The molecule has 0 bridgehead atoms. The lowest BCUT2D eigenvalue weighted by Crippen LogP contribution is -3.00.